The van der Waals surface area contributed by atoms with Crippen LogP contribution in [0.1, 0.15) is 46.6 Å². The van der Waals surface area contributed by atoms with Gasteiger partial charge in [0.15, 0.2) is 10.3 Å². The highest BCUT2D eigenvalue weighted by Crippen LogP contribution is 2.23. The zero-order valence-corrected chi connectivity index (χ0v) is 14.2. The van der Waals surface area contributed by atoms with Crippen LogP contribution in [0.15, 0.2) is 0 Å². The second kappa shape index (κ2) is 5.63. The third kappa shape index (κ3) is 2.50. The van der Waals surface area contributed by atoms with Crippen molar-refractivity contribution in [2.75, 3.05) is 5.32 Å². The van der Waals surface area contributed by atoms with Crippen molar-refractivity contribution in [3.63, 3.8) is 0 Å². The van der Waals surface area contributed by atoms with E-state index in [9.17, 15) is 14.9 Å². The number of carbonyl (C=O) groups is 1. The second-order valence-corrected chi connectivity index (χ2v) is 6.52. The summed E-state index contributed by atoms with van der Waals surface area (Å²) >= 11 is 1.28. The largest absolute Gasteiger partial charge is 0.436 e. The lowest BCUT2D eigenvalue weighted by atomic mass is 10.2. The summed E-state index contributed by atoms with van der Waals surface area (Å²) in [6.45, 7) is 7.10. The lowest BCUT2D eigenvalue weighted by Crippen LogP contribution is -2.37. The fourth-order valence-electron chi connectivity index (χ4n) is 2.23. The van der Waals surface area contributed by atoms with Gasteiger partial charge in [-0.1, -0.05) is 25.2 Å². The quantitative estimate of drug-likeness (QED) is 0.409. The molecule has 2 N–H and O–H groups in total. The molecular weight excluding hydrogens is 336 g/mol. The van der Waals surface area contributed by atoms with Gasteiger partial charge in [-0.15, -0.1) is 10.2 Å². The Bertz CT molecular complexity index is 953. The highest BCUT2D eigenvalue weighted by Gasteiger charge is 2.37. The van der Waals surface area contributed by atoms with Crippen LogP contribution in [-0.2, 0) is 0 Å². The predicted molar refractivity (Wildman–Crippen MR) is 83.3 cm³/mol. The van der Waals surface area contributed by atoms with E-state index >= 15 is 0 Å². The van der Waals surface area contributed by atoms with Crippen LogP contribution in [0.3, 0.4) is 0 Å². The maximum atomic E-state index is 12.5. The standard InChI is InChI=1S/C12H14N8O3S/c1-5(2)10-14-15-12(24-10)13-9(21)8-6(3)16-19-11(20(22)23)7(4)17-18(8)19/h5H,1-4H3,(H-,13,15,16,17,21)/p+1. The fraction of sp³-hybridized carbons (Fsp3) is 0.417. The number of aromatic amines is 1. The van der Waals surface area contributed by atoms with Gasteiger partial charge < -0.3 is 10.1 Å². The Morgan fingerprint density at radius 1 is 1.42 bits per heavy atom. The fourth-order valence-corrected chi connectivity index (χ4v) is 2.97. The van der Waals surface area contributed by atoms with E-state index in [2.05, 4.69) is 25.7 Å². The first-order chi connectivity index (χ1) is 11.3. The van der Waals surface area contributed by atoms with Gasteiger partial charge in [0.05, 0.1) is 0 Å². The van der Waals surface area contributed by atoms with Crippen molar-refractivity contribution < 1.29 is 14.3 Å². The Labute approximate surface area is 139 Å². The topological polar surface area (TPSA) is 135 Å². The third-order valence-corrected chi connectivity index (χ3v) is 4.47. The second-order valence-electron chi connectivity index (χ2n) is 5.51. The summed E-state index contributed by atoms with van der Waals surface area (Å²) in [5.41, 5.74) is 0.799. The molecular formula is C12H15N8O3S+. The number of aryl methyl sites for hydroxylation is 2. The average Bonchev–Trinajstić information content (AvgIpc) is 3.11. The molecule has 0 aliphatic carbocycles. The molecule has 0 aromatic carbocycles. The summed E-state index contributed by atoms with van der Waals surface area (Å²) in [6, 6.07) is 0. The first kappa shape index (κ1) is 16.0. The number of aromatic nitrogens is 6. The number of carbonyl (C=O) groups excluding carboxylic acids is 1. The summed E-state index contributed by atoms with van der Waals surface area (Å²) in [5.74, 6) is -0.494. The molecule has 0 aliphatic rings. The van der Waals surface area contributed by atoms with Crippen molar-refractivity contribution >= 4 is 28.2 Å². The molecule has 11 nitrogen and oxygen atoms in total. The number of nitrogens with one attached hydrogen (secondary N) is 2. The van der Waals surface area contributed by atoms with Crippen LogP contribution in [0.25, 0.3) is 0 Å². The van der Waals surface area contributed by atoms with Crippen LogP contribution in [-0.4, -0.2) is 35.9 Å². The molecule has 0 fully saturated rings. The van der Waals surface area contributed by atoms with E-state index in [0.29, 0.717) is 16.5 Å². The van der Waals surface area contributed by atoms with Gasteiger partial charge >= 0.3 is 17.4 Å². The maximum absolute atomic E-state index is 12.5. The first-order valence-corrected chi connectivity index (χ1v) is 7.90. The number of fused-ring (bicyclic) bond motifs is 1. The Morgan fingerprint density at radius 3 is 2.71 bits per heavy atom. The normalized spacial score (nSPS) is 11.4. The van der Waals surface area contributed by atoms with Crippen LogP contribution < -0.4 is 9.95 Å². The molecule has 0 saturated carbocycles. The predicted octanol–water partition coefficient (Wildman–Crippen LogP) is 1.00. The van der Waals surface area contributed by atoms with E-state index in [1.54, 1.807) is 6.92 Å². The minimum absolute atomic E-state index is 0.160. The molecule has 0 atom stereocenters. The summed E-state index contributed by atoms with van der Waals surface area (Å²) in [6.07, 6.45) is 0. The van der Waals surface area contributed by atoms with Crippen molar-refractivity contribution in [3.8, 4) is 0 Å². The van der Waals surface area contributed by atoms with Crippen LogP contribution in [0.2, 0.25) is 0 Å². The van der Waals surface area contributed by atoms with Crippen molar-refractivity contribution in [2.24, 2.45) is 0 Å². The molecule has 0 unspecified atom stereocenters. The number of rotatable bonds is 4. The van der Waals surface area contributed by atoms with Gasteiger partial charge in [-0.25, -0.2) is 0 Å². The first-order valence-electron chi connectivity index (χ1n) is 7.09. The number of nitrogens with zero attached hydrogens (tertiary/aromatic N) is 6. The molecule has 3 rings (SSSR count). The van der Waals surface area contributed by atoms with Crippen molar-refractivity contribution in [2.45, 2.75) is 33.6 Å². The minimum Gasteiger partial charge on any atom is -0.358 e. The molecule has 12 heteroatoms. The third-order valence-electron chi connectivity index (χ3n) is 3.33. The van der Waals surface area contributed by atoms with E-state index in [4.69, 9.17) is 0 Å². The molecule has 3 aromatic heterocycles. The van der Waals surface area contributed by atoms with E-state index in [1.165, 1.54) is 22.9 Å². The molecule has 0 spiro atoms. The Morgan fingerprint density at radius 2 is 2.12 bits per heavy atom. The molecule has 0 saturated heterocycles. The molecule has 3 heterocycles. The van der Waals surface area contributed by atoms with Gasteiger partial charge in [0.25, 0.3) is 5.69 Å². The molecule has 126 valence electrons. The van der Waals surface area contributed by atoms with Crippen LogP contribution in [0, 0.1) is 24.0 Å². The van der Waals surface area contributed by atoms with Crippen molar-refractivity contribution in [1.82, 2.24) is 25.0 Å². The number of hydrogen-bond donors (Lipinski definition) is 2. The smallest absolute Gasteiger partial charge is 0.358 e. The summed E-state index contributed by atoms with van der Waals surface area (Å²) in [5, 5.41) is 29.7. The molecule has 1 amide bonds. The highest BCUT2D eigenvalue weighted by molar-refractivity contribution is 7.15. The average molecular weight is 351 g/mol. The monoisotopic (exact) mass is 351 g/mol. The molecule has 3 aromatic rings. The van der Waals surface area contributed by atoms with Gasteiger partial charge in [-0.2, -0.15) is 5.10 Å². The van der Waals surface area contributed by atoms with Crippen molar-refractivity contribution in [3.05, 3.63) is 32.2 Å². The van der Waals surface area contributed by atoms with E-state index in [1.807, 2.05) is 13.8 Å². The molecule has 0 bridgehead atoms. The van der Waals surface area contributed by atoms with Gasteiger partial charge in [-0.05, 0) is 11.8 Å². The Kier molecular flexibility index (Phi) is 3.75. The van der Waals surface area contributed by atoms with E-state index in [0.717, 1.165) is 9.64 Å². The Hall–Kier alpha value is -2.89. The number of nitro groups is 1. The lowest BCUT2D eigenvalue weighted by Gasteiger charge is -1.95. The summed E-state index contributed by atoms with van der Waals surface area (Å²) in [4.78, 5) is 23.1. The number of H-pyrrole nitrogens is 1. The van der Waals surface area contributed by atoms with E-state index < -0.39 is 10.8 Å². The molecule has 24 heavy (non-hydrogen) atoms. The van der Waals surface area contributed by atoms with Gasteiger partial charge in [0.2, 0.25) is 5.13 Å². The van der Waals surface area contributed by atoms with Crippen LogP contribution in [0.4, 0.5) is 10.9 Å². The van der Waals surface area contributed by atoms with Crippen LogP contribution >= 0.6 is 11.3 Å². The lowest BCUT2D eigenvalue weighted by molar-refractivity contribution is -0.682. The van der Waals surface area contributed by atoms with Gasteiger partial charge in [-0.3, -0.25) is 10.1 Å². The van der Waals surface area contributed by atoms with E-state index in [-0.39, 0.29) is 17.4 Å². The molecule has 0 aliphatic heterocycles. The summed E-state index contributed by atoms with van der Waals surface area (Å²) < 4.78 is 2.29. The minimum atomic E-state index is -0.556. The number of amides is 1. The number of hydrogen-bond acceptors (Lipinski definition) is 7. The maximum Gasteiger partial charge on any atom is 0.436 e. The van der Waals surface area contributed by atoms with Crippen LogP contribution in [0.5, 0.6) is 0 Å². The summed E-state index contributed by atoms with van der Waals surface area (Å²) in [7, 11) is 0. The van der Waals surface area contributed by atoms with Crippen molar-refractivity contribution in [1.29, 1.82) is 0 Å². The molecule has 0 radical (unpaired) electrons. The zero-order chi connectivity index (χ0) is 17.6. The highest BCUT2D eigenvalue weighted by atomic mass is 32.1. The Balaban J connectivity index is 1.99. The zero-order valence-electron chi connectivity index (χ0n) is 13.4. The van der Waals surface area contributed by atoms with Gasteiger partial charge in [0.1, 0.15) is 10.1 Å². The van der Waals surface area contributed by atoms with Gasteiger partial charge in [0, 0.05) is 17.5 Å². The SMILES string of the molecule is Cc1nn2c([N+](=O)[O-])c(C)[nH][n+]2c1C(=O)Nc1nnc(C(C)C)s1. The number of anilines is 1.